The Kier molecular flexibility index (Phi) is 6.44. The first kappa shape index (κ1) is 22.8. The van der Waals surface area contributed by atoms with Gasteiger partial charge in [-0.25, -0.2) is 13.6 Å². The van der Waals surface area contributed by atoms with Gasteiger partial charge in [0.1, 0.15) is 11.6 Å². The summed E-state index contributed by atoms with van der Waals surface area (Å²) in [5.41, 5.74) is 1.08. The number of nitrogens with one attached hydrogen (secondary N) is 1. The molecule has 172 valence electrons. The highest BCUT2D eigenvalue weighted by Gasteiger charge is 2.35. The van der Waals surface area contributed by atoms with Gasteiger partial charge in [-0.15, -0.1) is 0 Å². The molecule has 0 aromatic heterocycles. The fourth-order valence-corrected chi connectivity index (χ4v) is 3.54. The van der Waals surface area contributed by atoms with Crippen LogP contribution < -0.4 is 5.32 Å². The topological polar surface area (TPSA) is 92.8 Å². The van der Waals surface area contributed by atoms with Gasteiger partial charge in [-0.2, -0.15) is 0 Å². The molecule has 7 nitrogen and oxygen atoms in total. The molecular formula is C25H18F2N2O5. The lowest BCUT2D eigenvalue weighted by atomic mass is 10.1. The Hall–Kier alpha value is -4.40. The number of fused-ring (bicyclic) bond motifs is 1. The van der Waals surface area contributed by atoms with Crippen LogP contribution in [0.2, 0.25) is 0 Å². The number of anilines is 1. The first-order valence-corrected chi connectivity index (χ1v) is 10.3. The average Bonchev–Trinajstić information content (AvgIpc) is 3.05. The van der Waals surface area contributed by atoms with Crippen molar-refractivity contribution in [3.63, 3.8) is 0 Å². The minimum Gasteiger partial charge on any atom is -0.452 e. The third-order valence-corrected chi connectivity index (χ3v) is 5.15. The summed E-state index contributed by atoms with van der Waals surface area (Å²) in [4.78, 5) is 50.8. The van der Waals surface area contributed by atoms with Crippen LogP contribution in [0.25, 0.3) is 0 Å². The zero-order chi connectivity index (χ0) is 24.2. The summed E-state index contributed by atoms with van der Waals surface area (Å²) >= 11 is 0. The van der Waals surface area contributed by atoms with E-state index in [0.717, 1.165) is 22.6 Å². The zero-order valence-corrected chi connectivity index (χ0v) is 17.7. The normalized spacial score (nSPS) is 12.5. The second-order valence-electron chi connectivity index (χ2n) is 7.54. The largest absolute Gasteiger partial charge is 0.452 e. The predicted octanol–water partition coefficient (Wildman–Crippen LogP) is 3.60. The van der Waals surface area contributed by atoms with Crippen LogP contribution >= 0.6 is 0 Å². The van der Waals surface area contributed by atoms with Crippen molar-refractivity contribution in [2.45, 2.75) is 6.42 Å². The average molecular weight is 464 g/mol. The standard InChI is InChI=1S/C25H18F2N2O5/c26-17-11-18(27)13-19(12-17)28-22(30)14-34-25(33)16-6-7-20-21(10-16)24(32)29(23(20)31)9-8-15-4-2-1-3-5-15/h1-7,10-13H,8-9,14H2,(H,28,30). The number of halogens is 2. The van der Waals surface area contributed by atoms with Crippen LogP contribution in [-0.4, -0.2) is 41.7 Å². The Balaban J connectivity index is 1.37. The number of esters is 1. The lowest BCUT2D eigenvalue weighted by Crippen LogP contribution is -2.31. The molecule has 1 aliphatic rings. The Labute approximate surface area is 192 Å². The van der Waals surface area contributed by atoms with E-state index in [-0.39, 0.29) is 28.9 Å². The molecule has 0 saturated carbocycles. The van der Waals surface area contributed by atoms with E-state index >= 15 is 0 Å². The number of carbonyl (C=O) groups excluding carboxylic acids is 4. The summed E-state index contributed by atoms with van der Waals surface area (Å²) in [6, 6.07) is 15.8. The zero-order valence-electron chi connectivity index (χ0n) is 17.7. The molecule has 34 heavy (non-hydrogen) atoms. The fraction of sp³-hybridized carbons (Fsp3) is 0.120. The summed E-state index contributed by atoms with van der Waals surface area (Å²) in [6.07, 6.45) is 0.492. The Bertz CT molecular complexity index is 1270. The molecule has 0 unspecified atom stereocenters. The van der Waals surface area contributed by atoms with Gasteiger partial charge >= 0.3 is 5.97 Å². The van der Waals surface area contributed by atoms with Crippen LogP contribution in [0.15, 0.2) is 66.7 Å². The highest BCUT2D eigenvalue weighted by Crippen LogP contribution is 2.25. The number of benzene rings is 3. The van der Waals surface area contributed by atoms with E-state index in [1.54, 1.807) is 0 Å². The monoisotopic (exact) mass is 464 g/mol. The number of rotatable bonds is 7. The minimum absolute atomic E-state index is 0.0191. The van der Waals surface area contributed by atoms with Gasteiger partial charge in [-0.1, -0.05) is 30.3 Å². The van der Waals surface area contributed by atoms with Crippen molar-refractivity contribution in [3.05, 3.63) is 101 Å². The van der Waals surface area contributed by atoms with E-state index in [4.69, 9.17) is 4.74 Å². The summed E-state index contributed by atoms with van der Waals surface area (Å²) in [6.45, 7) is -0.527. The molecule has 0 aliphatic carbocycles. The van der Waals surface area contributed by atoms with Crippen molar-refractivity contribution >= 4 is 29.4 Å². The number of nitrogens with zero attached hydrogens (tertiary/aromatic N) is 1. The van der Waals surface area contributed by atoms with Gasteiger partial charge in [0.15, 0.2) is 6.61 Å². The molecule has 0 atom stereocenters. The highest BCUT2D eigenvalue weighted by molar-refractivity contribution is 6.22. The summed E-state index contributed by atoms with van der Waals surface area (Å²) in [5.74, 6) is -4.41. The first-order valence-electron chi connectivity index (χ1n) is 10.3. The molecule has 9 heteroatoms. The summed E-state index contributed by atoms with van der Waals surface area (Å²) in [5, 5.41) is 2.22. The van der Waals surface area contributed by atoms with Crippen LogP contribution in [0.4, 0.5) is 14.5 Å². The van der Waals surface area contributed by atoms with Crippen molar-refractivity contribution in [1.29, 1.82) is 0 Å². The van der Waals surface area contributed by atoms with Gasteiger partial charge < -0.3 is 10.1 Å². The molecular weight excluding hydrogens is 446 g/mol. The molecule has 4 rings (SSSR count). The van der Waals surface area contributed by atoms with Gasteiger partial charge in [0.2, 0.25) is 0 Å². The Morgan fingerprint density at radius 1 is 0.853 bits per heavy atom. The van der Waals surface area contributed by atoms with Crippen LogP contribution in [0.5, 0.6) is 0 Å². The smallest absolute Gasteiger partial charge is 0.338 e. The molecule has 0 saturated heterocycles. The Morgan fingerprint density at radius 2 is 1.53 bits per heavy atom. The lowest BCUT2D eigenvalue weighted by Gasteiger charge is -2.13. The fourth-order valence-electron chi connectivity index (χ4n) is 3.54. The molecule has 0 bridgehead atoms. The van der Waals surface area contributed by atoms with E-state index in [0.29, 0.717) is 12.5 Å². The first-order chi connectivity index (χ1) is 16.3. The van der Waals surface area contributed by atoms with Gasteiger partial charge in [0.05, 0.1) is 16.7 Å². The van der Waals surface area contributed by atoms with Crippen LogP contribution in [0.1, 0.15) is 36.6 Å². The second-order valence-corrected chi connectivity index (χ2v) is 7.54. The molecule has 1 aliphatic heterocycles. The molecule has 1 heterocycles. The third-order valence-electron chi connectivity index (χ3n) is 5.15. The number of hydrogen-bond donors (Lipinski definition) is 1. The number of ether oxygens (including phenoxy) is 1. The van der Waals surface area contributed by atoms with E-state index < -0.39 is 41.9 Å². The van der Waals surface area contributed by atoms with Crippen molar-refractivity contribution in [2.24, 2.45) is 0 Å². The van der Waals surface area contributed by atoms with Gasteiger partial charge in [0.25, 0.3) is 17.7 Å². The number of imide groups is 1. The van der Waals surface area contributed by atoms with Crippen molar-refractivity contribution in [1.82, 2.24) is 4.90 Å². The molecule has 0 spiro atoms. The number of hydrogen-bond acceptors (Lipinski definition) is 5. The quantitative estimate of drug-likeness (QED) is 0.426. The number of amides is 3. The Morgan fingerprint density at radius 3 is 2.24 bits per heavy atom. The van der Waals surface area contributed by atoms with Crippen LogP contribution in [0, 0.1) is 11.6 Å². The minimum atomic E-state index is -0.897. The van der Waals surface area contributed by atoms with E-state index in [1.165, 1.54) is 18.2 Å². The lowest BCUT2D eigenvalue weighted by molar-refractivity contribution is -0.119. The molecule has 3 amide bonds. The maximum Gasteiger partial charge on any atom is 0.338 e. The molecule has 0 radical (unpaired) electrons. The summed E-state index contributed by atoms with van der Waals surface area (Å²) < 4.78 is 31.4. The van der Waals surface area contributed by atoms with Gasteiger partial charge in [-0.3, -0.25) is 19.3 Å². The number of carbonyl (C=O) groups is 4. The van der Waals surface area contributed by atoms with Crippen LogP contribution in [0.3, 0.4) is 0 Å². The maximum absolute atomic E-state index is 13.2. The highest BCUT2D eigenvalue weighted by atomic mass is 19.1. The molecule has 0 fully saturated rings. The molecule has 3 aromatic carbocycles. The van der Waals surface area contributed by atoms with Crippen molar-refractivity contribution in [3.8, 4) is 0 Å². The van der Waals surface area contributed by atoms with E-state index in [2.05, 4.69) is 5.32 Å². The predicted molar refractivity (Wildman–Crippen MR) is 117 cm³/mol. The SMILES string of the molecule is O=C(COC(=O)c1ccc2c(c1)C(=O)N(CCc1ccccc1)C2=O)Nc1cc(F)cc(F)c1. The van der Waals surface area contributed by atoms with Crippen molar-refractivity contribution in [2.75, 3.05) is 18.5 Å². The molecule has 3 aromatic rings. The van der Waals surface area contributed by atoms with Crippen LogP contribution in [-0.2, 0) is 16.0 Å². The third kappa shape index (κ3) is 4.98. The maximum atomic E-state index is 13.2. The van der Waals surface area contributed by atoms with E-state index in [9.17, 15) is 28.0 Å². The van der Waals surface area contributed by atoms with Gasteiger partial charge in [0, 0.05) is 18.3 Å². The molecule has 1 N–H and O–H groups in total. The summed E-state index contributed by atoms with van der Waals surface area (Å²) in [7, 11) is 0. The van der Waals surface area contributed by atoms with Gasteiger partial charge in [-0.05, 0) is 42.3 Å². The van der Waals surface area contributed by atoms with Crippen molar-refractivity contribution < 1.29 is 32.7 Å². The second kappa shape index (κ2) is 9.62. The van der Waals surface area contributed by atoms with E-state index in [1.807, 2.05) is 30.3 Å².